The lowest BCUT2D eigenvalue weighted by Gasteiger charge is -2.33. The molecule has 0 spiro atoms. The summed E-state index contributed by atoms with van der Waals surface area (Å²) in [7, 11) is 2.03. The van der Waals surface area contributed by atoms with Gasteiger partial charge in [0, 0.05) is 34.8 Å². The SMILES string of the molecule is CN1CCC[C@H]1COc1nc2c3cnc(c(F)c3n1)-c1c(c(Cl)cc3[nH]ncc13)CCCOC(=O)O[C@]1(CF)COCCN2C1. The lowest BCUT2D eigenvalue weighted by Crippen LogP contribution is -2.50. The number of alkyl halides is 1. The maximum absolute atomic E-state index is 16.9. The summed E-state index contributed by atoms with van der Waals surface area (Å²) >= 11 is 6.73. The quantitative estimate of drug-likeness (QED) is 0.316. The number of hydrogen-bond donors (Lipinski definition) is 1. The van der Waals surface area contributed by atoms with Crippen LogP contribution < -0.4 is 9.64 Å². The van der Waals surface area contributed by atoms with Gasteiger partial charge in [0.15, 0.2) is 11.4 Å². The predicted octanol–water partition coefficient (Wildman–Crippen LogP) is 4.48. The molecule has 12 nitrogen and oxygen atoms in total. The summed E-state index contributed by atoms with van der Waals surface area (Å²) in [6.45, 7) is 0.262. The minimum atomic E-state index is -1.69. The average Bonchev–Trinajstić information content (AvgIpc) is 3.61. The van der Waals surface area contributed by atoms with Crippen LogP contribution in [0.2, 0.25) is 5.02 Å². The standard InChI is InChI=1S/C30H32ClF2N7O5/c1-39-6-2-4-17(39)13-44-28-36-25-20-11-34-26(24(25)33)23-18(21(31)10-22-19(23)12-35-38-22)5-3-8-43-29(41)45-30(14-32)15-40(27(20)37-28)7-9-42-16-30/h10-12,17H,2-9,13-16H2,1H3,(H,35,38)/t17-,30-/m0/s1. The number of hydrogen-bond acceptors (Lipinski definition) is 11. The second kappa shape index (κ2) is 12.1. The summed E-state index contributed by atoms with van der Waals surface area (Å²) in [6, 6.07) is 1.83. The second-order valence-electron chi connectivity index (χ2n) is 11.7. The van der Waals surface area contributed by atoms with Gasteiger partial charge in [-0.1, -0.05) is 11.6 Å². The summed E-state index contributed by atoms with van der Waals surface area (Å²) in [5.74, 6) is -0.442. The summed E-state index contributed by atoms with van der Waals surface area (Å²) in [6.07, 6.45) is 4.70. The molecule has 3 aromatic heterocycles. The van der Waals surface area contributed by atoms with Gasteiger partial charge in [-0.2, -0.15) is 15.1 Å². The normalized spacial score (nSPS) is 22.9. The first-order valence-corrected chi connectivity index (χ1v) is 15.3. The summed E-state index contributed by atoms with van der Waals surface area (Å²) in [5, 5.41) is 8.31. The highest BCUT2D eigenvalue weighted by Crippen LogP contribution is 2.40. The van der Waals surface area contributed by atoms with Crippen molar-refractivity contribution < 1.29 is 32.5 Å². The summed E-state index contributed by atoms with van der Waals surface area (Å²) in [5.41, 5.74) is -0.0244. The second-order valence-corrected chi connectivity index (χ2v) is 12.1. The van der Waals surface area contributed by atoms with Gasteiger partial charge >= 0.3 is 12.2 Å². The Bertz CT molecular complexity index is 1760. The van der Waals surface area contributed by atoms with Crippen molar-refractivity contribution in [1.29, 1.82) is 0 Å². The predicted molar refractivity (Wildman–Crippen MR) is 161 cm³/mol. The number of nitrogens with one attached hydrogen (secondary N) is 1. The van der Waals surface area contributed by atoms with E-state index in [1.807, 2.05) is 7.05 Å². The van der Waals surface area contributed by atoms with Crippen LogP contribution in [0.15, 0.2) is 18.5 Å². The maximum Gasteiger partial charge on any atom is 0.509 e. The molecule has 0 unspecified atom stereocenters. The van der Waals surface area contributed by atoms with Gasteiger partial charge in [0.2, 0.25) is 0 Å². The highest BCUT2D eigenvalue weighted by atomic mass is 35.5. The van der Waals surface area contributed by atoms with Crippen LogP contribution in [-0.2, 0) is 20.6 Å². The van der Waals surface area contributed by atoms with E-state index >= 15 is 4.39 Å². The third-order valence-corrected chi connectivity index (χ3v) is 9.08. The molecule has 0 amide bonds. The van der Waals surface area contributed by atoms with Crippen LogP contribution in [-0.4, -0.2) is 108 Å². The molecular weight excluding hydrogens is 612 g/mol. The first-order valence-electron chi connectivity index (χ1n) is 14.9. The minimum Gasteiger partial charge on any atom is -0.462 e. The van der Waals surface area contributed by atoms with Gasteiger partial charge in [-0.25, -0.2) is 13.6 Å². The smallest absolute Gasteiger partial charge is 0.462 e. The van der Waals surface area contributed by atoms with Crippen LogP contribution in [0.4, 0.5) is 19.4 Å². The van der Waals surface area contributed by atoms with E-state index in [1.165, 1.54) is 6.20 Å². The van der Waals surface area contributed by atoms with Crippen LogP contribution in [0.5, 0.6) is 6.01 Å². The number of likely N-dealkylation sites (tertiary alicyclic amines) is 1. The highest BCUT2D eigenvalue weighted by Gasteiger charge is 2.41. The fourth-order valence-electron chi connectivity index (χ4n) is 6.35. The number of likely N-dealkylation sites (N-methyl/N-ethyl adjacent to an activating group) is 1. The average molecular weight is 644 g/mol. The van der Waals surface area contributed by atoms with Crippen molar-refractivity contribution in [2.75, 3.05) is 64.7 Å². The summed E-state index contributed by atoms with van der Waals surface area (Å²) in [4.78, 5) is 30.5. The largest absolute Gasteiger partial charge is 0.509 e. The Hall–Kier alpha value is -3.88. The molecule has 45 heavy (non-hydrogen) atoms. The van der Waals surface area contributed by atoms with Crippen LogP contribution in [0, 0.1) is 5.82 Å². The van der Waals surface area contributed by atoms with Gasteiger partial charge in [0.1, 0.15) is 30.3 Å². The molecule has 0 radical (unpaired) electrons. The zero-order chi connectivity index (χ0) is 31.1. The molecule has 4 aliphatic rings. The first-order chi connectivity index (χ1) is 21.9. The van der Waals surface area contributed by atoms with Crippen molar-refractivity contribution in [3.05, 3.63) is 34.9 Å². The Morgan fingerprint density at radius 3 is 2.91 bits per heavy atom. The first kappa shape index (κ1) is 29.8. The fraction of sp³-hybridized carbons (Fsp3) is 0.500. The molecule has 6 bridgehead atoms. The number of aromatic nitrogens is 5. The zero-order valence-electron chi connectivity index (χ0n) is 24.7. The molecule has 0 aliphatic carbocycles. The zero-order valence-corrected chi connectivity index (χ0v) is 25.4. The molecule has 1 aromatic carbocycles. The Morgan fingerprint density at radius 2 is 2.09 bits per heavy atom. The van der Waals surface area contributed by atoms with Crippen molar-refractivity contribution in [2.24, 2.45) is 0 Å². The number of carbonyl (C=O) groups excluding carboxylic acids is 1. The van der Waals surface area contributed by atoms with E-state index < -0.39 is 24.2 Å². The number of rotatable bonds is 4. The number of nitrogens with zero attached hydrogens (tertiary/aromatic N) is 6. The van der Waals surface area contributed by atoms with Crippen LogP contribution in [0.1, 0.15) is 24.8 Å². The van der Waals surface area contributed by atoms with E-state index in [2.05, 4.69) is 30.0 Å². The lowest BCUT2D eigenvalue weighted by molar-refractivity contribution is -0.0779. The topological polar surface area (TPSA) is 128 Å². The van der Waals surface area contributed by atoms with Crippen molar-refractivity contribution in [3.63, 3.8) is 0 Å². The van der Waals surface area contributed by atoms with Crippen molar-refractivity contribution >= 4 is 45.4 Å². The van der Waals surface area contributed by atoms with E-state index in [0.717, 1.165) is 19.4 Å². The molecular formula is C30H32ClF2N7O5. The van der Waals surface area contributed by atoms with Gasteiger partial charge in [-0.3, -0.25) is 10.1 Å². The fourth-order valence-corrected chi connectivity index (χ4v) is 6.64. The number of anilines is 1. The number of pyridine rings is 1. The third kappa shape index (κ3) is 5.59. The van der Waals surface area contributed by atoms with E-state index in [0.29, 0.717) is 46.5 Å². The Balaban J connectivity index is 1.43. The number of carbonyl (C=O) groups is 1. The molecule has 0 saturated carbocycles. The number of benzene rings is 1. The van der Waals surface area contributed by atoms with Crippen LogP contribution >= 0.6 is 11.6 Å². The molecule has 4 aromatic rings. The lowest BCUT2D eigenvalue weighted by atomic mass is 9.95. The van der Waals surface area contributed by atoms with E-state index in [9.17, 15) is 9.18 Å². The molecule has 1 N–H and O–H groups in total. The summed E-state index contributed by atoms with van der Waals surface area (Å²) < 4.78 is 54.3. The number of H-pyrrole nitrogens is 1. The van der Waals surface area contributed by atoms with Gasteiger partial charge in [-0.05, 0) is 50.9 Å². The van der Waals surface area contributed by atoms with Gasteiger partial charge in [0.05, 0.1) is 43.5 Å². The molecule has 2 atom stereocenters. The molecule has 238 valence electrons. The number of fused-ring (bicyclic) bond motifs is 7. The Kier molecular flexibility index (Phi) is 8.04. The highest BCUT2D eigenvalue weighted by molar-refractivity contribution is 6.33. The number of aromatic amines is 1. The van der Waals surface area contributed by atoms with Gasteiger partial charge in [-0.15, -0.1) is 0 Å². The van der Waals surface area contributed by atoms with Crippen molar-refractivity contribution in [2.45, 2.75) is 37.3 Å². The van der Waals surface area contributed by atoms with Crippen molar-refractivity contribution in [3.8, 4) is 17.3 Å². The molecule has 15 heteroatoms. The van der Waals surface area contributed by atoms with E-state index in [-0.39, 0.29) is 67.4 Å². The maximum atomic E-state index is 16.9. The third-order valence-electron chi connectivity index (χ3n) is 8.74. The molecule has 8 rings (SSSR count). The molecule has 4 aliphatic heterocycles. The van der Waals surface area contributed by atoms with Crippen LogP contribution in [0.25, 0.3) is 33.1 Å². The molecule has 7 heterocycles. The van der Waals surface area contributed by atoms with Gasteiger partial charge < -0.3 is 28.7 Å². The van der Waals surface area contributed by atoms with Gasteiger partial charge in [0.25, 0.3) is 0 Å². The molecule has 2 saturated heterocycles. The Morgan fingerprint density at radius 1 is 1.20 bits per heavy atom. The number of halogens is 3. The van der Waals surface area contributed by atoms with E-state index in [1.54, 1.807) is 17.2 Å². The van der Waals surface area contributed by atoms with E-state index in [4.69, 9.17) is 30.5 Å². The van der Waals surface area contributed by atoms with Crippen molar-refractivity contribution in [1.82, 2.24) is 30.0 Å². The monoisotopic (exact) mass is 643 g/mol. The number of ether oxygens (including phenoxy) is 4. The Labute approximate surface area is 261 Å². The molecule has 2 fully saturated rings. The van der Waals surface area contributed by atoms with Crippen LogP contribution in [0.3, 0.4) is 0 Å². The minimum absolute atomic E-state index is 0.0224.